The Balaban J connectivity index is 1.87. The lowest BCUT2D eigenvalue weighted by Gasteiger charge is -2.44. The third kappa shape index (κ3) is 2.90. The number of nitrogens with one attached hydrogen (secondary N) is 1. The number of hydrogen-bond donors (Lipinski definition) is 1. The summed E-state index contributed by atoms with van der Waals surface area (Å²) in [6.07, 6.45) is -5.89. The number of carbonyl (C=O) groups excluding carboxylic acids is 2. The summed E-state index contributed by atoms with van der Waals surface area (Å²) < 4.78 is 41.8. The number of ether oxygens (including phenoxy) is 1. The van der Waals surface area contributed by atoms with Crippen LogP contribution in [0.2, 0.25) is 0 Å². The number of esters is 1. The van der Waals surface area contributed by atoms with Crippen LogP contribution in [0.3, 0.4) is 0 Å². The smallest absolute Gasteiger partial charge is 0.438 e. The Bertz CT molecular complexity index is 660. The molecular weight excluding hydrogens is 313 g/mol. The molecule has 1 aromatic carbocycles. The van der Waals surface area contributed by atoms with Crippen LogP contribution in [0, 0.1) is 6.92 Å². The number of fused-ring (bicyclic) bond motifs is 2. The SMILES string of the molecule is Cc1ccc2c(c1)C[C@@H]1C(OC(=O)C(F)(F)F)NCCN1C2=O. The molecule has 0 saturated carbocycles. The summed E-state index contributed by atoms with van der Waals surface area (Å²) in [6, 6.07) is 4.74. The number of alkyl halides is 3. The summed E-state index contributed by atoms with van der Waals surface area (Å²) in [7, 11) is 0. The van der Waals surface area contributed by atoms with Gasteiger partial charge in [0.2, 0.25) is 0 Å². The third-order valence-corrected chi connectivity index (χ3v) is 4.09. The molecule has 1 fully saturated rings. The van der Waals surface area contributed by atoms with Crippen molar-refractivity contribution < 1.29 is 27.5 Å². The van der Waals surface area contributed by atoms with Crippen LogP contribution in [0.1, 0.15) is 21.5 Å². The normalized spacial score (nSPS) is 24.0. The standard InChI is InChI=1S/C15H15F3N2O3/c1-8-2-3-10-9(6-8)7-11-12(23-14(22)15(16,17)18)19-4-5-20(11)13(10)21/h2-3,6,11-12,19H,4-5,7H2,1H3/t11-,12?/m1/s1. The van der Waals surface area contributed by atoms with E-state index >= 15 is 0 Å². The van der Waals surface area contributed by atoms with Gasteiger partial charge in [-0.05, 0) is 25.0 Å². The molecule has 124 valence electrons. The zero-order chi connectivity index (χ0) is 16.8. The lowest BCUT2D eigenvalue weighted by molar-refractivity contribution is -0.210. The molecule has 0 spiro atoms. The highest BCUT2D eigenvalue weighted by Gasteiger charge is 2.46. The maximum atomic E-state index is 12.5. The number of aryl methyl sites for hydroxylation is 1. The molecule has 2 heterocycles. The van der Waals surface area contributed by atoms with E-state index in [9.17, 15) is 22.8 Å². The minimum absolute atomic E-state index is 0.245. The fourth-order valence-corrected chi connectivity index (χ4v) is 3.04. The lowest BCUT2D eigenvalue weighted by Crippen LogP contribution is -2.63. The van der Waals surface area contributed by atoms with Crippen molar-refractivity contribution in [1.29, 1.82) is 0 Å². The van der Waals surface area contributed by atoms with Crippen molar-refractivity contribution in [3.05, 3.63) is 34.9 Å². The second kappa shape index (κ2) is 5.52. The quantitative estimate of drug-likeness (QED) is 0.792. The number of piperazine rings is 1. The number of benzene rings is 1. The molecule has 2 atom stereocenters. The average molecular weight is 328 g/mol. The fourth-order valence-electron chi connectivity index (χ4n) is 3.04. The molecular formula is C15H15F3N2O3. The van der Waals surface area contributed by atoms with Crippen molar-refractivity contribution >= 4 is 11.9 Å². The van der Waals surface area contributed by atoms with Gasteiger partial charge in [-0.15, -0.1) is 0 Å². The second-order valence-corrected chi connectivity index (χ2v) is 5.71. The van der Waals surface area contributed by atoms with Gasteiger partial charge in [0.1, 0.15) is 0 Å². The molecule has 8 heteroatoms. The summed E-state index contributed by atoms with van der Waals surface area (Å²) in [5.41, 5.74) is 2.26. The summed E-state index contributed by atoms with van der Waals surface area (Å²) >= 11 is 0. The van der Waals surface area contributed by atoms with Crippen molar-refractivity contribution in [2.24, 2.45) is 0 Å². The molecule has 5 nitrogen and oxygen atoms in total. The van der Waals surface area contributed by atoms with Gasteiger partial charge in [-0.3, -0.25) is 10.1 Å². The number of rotatable bonds is 1. The predicted octanol–water partition coefficient (Wildman–Crippen LogP) is 1.40. The van der Waals surface area contributed by atoms with Crippen LogP contribution in [0.4, 0.5) is 13.2 Å². The lowest BCUT2D eigenvalue weighted by atomic mass is 9.90. The summed E-state index contributed by atoms with van der Waals surface area (Å²) in [4.78, 5) is 25.1. The van der Waals surface area contributed by atoms with E-state index in [-0.39, 0.29) is 12.5 Å². The molecule has 1 unspecified atom stereocenters. The molecule has 23 heavy (non-hydrogen) atoms. The first-order valence-electron chi connectivity index (χ1n) is 7.19. The van der Waals surface area contributed by atoms with Crippen LogP contribution >= 0.6 is 0 Å². The van der Waals surface area contributed by atoms with E-state index in [0.717, 1.165) is 11.1 Å². The molecule has 1 N–H and O–H groups in total. The van der Waals surface area contributed by atoms with Crippen molar-refractivity contribution in [3.63, 3.8) is 0 Å². The zero-order valence-electron chi connectivity index (χ0n) is 12.3. The van der Waals surface area contributed by atoms with Gasteiger partial charge >= 0.3 is 12.1 Å². The van der Waals surface area contributed by atoms with Gasteiger partial charge < -0.3 is 9.64 Å². The summed E-state index contributed by atoms with van der Waals surface area (Å²) in [6.45, 7) is 2.49. The first-order valence-corrected chi connectivity index (χ1v) is 7.19. The van der Waals surface area contributed by atoms with E-state index in [1.807, 2.05) is 19.1 Å². The highest BCUT2D eigenvalue weighted by molar-refractivity contribution is 5.97. The van der Waals surface area contributed by atoms with Crippen molar-refractivity contribution in [1.82, 2.24) is 10.2 Å². The number of nitrogens with zero attached hydrogens (tertiary/aromatic N) is 1. The van der Waals surface area contributed by atoms with Gasteiger partial charge in [-0.25, -0.2) is 4.79 Å². The average Bonchev–Trinajstić information content (AvgIpc) is 2.47. The van der Waals surface area contributed by atoms with E-state index in [1.165, 1.54) is 4.90 Å². The van der Waals surface area contributed by atoms with Gasteiger partial charge in [-0.2, -0.15) is 13.2 Å². The monoisotopic (exact) mass is 328 g/mol. The number of amides is 1. The zero-order valence-corrected chi connectivity index (χ0v) is 12.3. The Kier molecular flexibility index (Phi) is 3.79. The van der Waals surface area contributed by atoms with E-state index in [4.69, 9.17) is 0 Å². The van der Waals surface area contributed by atoms with Gasteiger partial charge in [-0.1, -0.05) is 17.7 Å². The van der Waals surface area contributed by atoms with Gasteiger partial charge in [0.25, 0.3) is 5.91 Å². The number of hydrogen-bond acceptors (Lipinski definition) is 4. The van der Waals surface area contributed by atoms with Crippen molar-refractivity contribution in [2.45, 2.75) is 31.8 Å². The van der Waals surface area contributed by atoms with Gasteiger partial charge in [0, 0.05) is 18.7 Å². The van der Waals surface area contributed by atoms with Gasteiger partial charge in [0.15, 0.2) is 6.23 Å². The van der Waals surface area contributed by atoms with Crippen LogP contribution in [0.15, 0.2) is 18.2 Å². The first-order chi connectivity index (χ1) is 10.8. The summed E-state index contributed by atoms with van der Waals surface area (Å²) in [5.74, 6) is -2.50. The van der Waals surface area contributed by atoms with Crippen LogP contribution in [0.5, 0.6) is 0 Å². The minimum Gasteiger partial charge on any atom is -0.438 e. The Labute approximate surface area is 130 Å². The molecule has 1 aromatic rings. The maximum absolute atomic E-state index is 12.5. The number of halogens is 3. The second-order valence-electron chi connectivity index (χ2n) is 5.71. The van der Waals surface area contributed by atoms with Crippen LogP contribution in [-0.2, 0) is 16.0 Å². The van der Waals surface area contributed by atoms with Crippen LogP contribution in [0.25, 0.3) is 0 Å². The molecule has 3 rings (SSSR count). The Morgan fingerprint density at radius 1 is 1.39 bits per heavy atom. The third-order valence-electron chi connectivity index (χ3n) is 4.09. The van der Waals surface area contributed by atoms with E-state index in [2.05, 4.69) is 10.1 Å². The van der Waals surface area contributed by atoms with Crippen molar-refractivity contribution in [3.8, 4) is 0 Å². The molecule has 1 saturated heterocycles. The fraction of sp³-hybridized carbons (Fsp3) is 0.467. The molecule has 0 radical (unpaired) electrons. The maximum Gasteiger partial charge on any atom is 0.490 e. The highest BCUT2D eigenvalue weighted by Crippen LogP contribution is 2.29. The Morgan fingerprint density at radius 3 is 2.83 bits per heavy atom. The van der Waals surface area contributed by atoms with Gasteiger partial charge in [0.05, 0.1) is 6.04 Å². The Morgan fingerprint density at radius 2 is 2.13 bits per heavy atom. The van der Waals surface area contributed by atoms with E-state index in [1.54, 1.807) is 6.07 Å². The molecule has 2 aliphatic rings. The van der Waals surface area contributed by atoms with E-state index < -0.39 is 24.4 Å². The first kappa shape index (κ1) is 15.8. The molecule has 2 aliphatic heterocycles. The molecule has 0 bridgehead atoms. The predicted molar refractivity (Wildman–Crippen MR) is 73.6 cm³/mol. The van der Waals surface area contributed by atoms with E-state index in [0.29, 0.717) is 18.5 Å². The van der Waals surface area contributed by atoms with Crippen molar-refractivity contribution in [2.75, 3.05) is 13.1 Å². The topological polar surface area (TPSA) is 58.6 Å². The van der Waals surface area contributed by atoms with Crippen LogP contribution in [-0.4, -0.2) is 48.3 Å². The summed E-state index contributed by atoms with van der Waals surface area (Å²) in [5, 5.41) is 2.75. The highest BCUT2D eigenvalue weighted by atomic mass is 19.4. The largest absolute Gasteiger partial charge is 0.490 e. The van der Waals surface area contributed by atoms with Crippen LogP contribution < -0.4 is 5.32 Å². The Hall–Kier alpha value is -2.09. The number of carbonyl (C=O) groups is 2. The minimum atomic E-state index is -5.06. The molecule has 0 aromatic heterocycles. The molecule has 1 amide bonds. The molecule has 0 aliphatic carbocycles.